The van der Waals surface area contributed by atoms with Crippen LogP contribution in [0.2, 0.25) is 0 Å². The van der Waals surface area contributed by atoms with Gasteiger partial charge in [0.25, 0.3) is 0 Å². The largest absolute Gasteiger partial charge is 0.355 e. The summed E-state index contributed by atoms with van der Waals surface area (Å²) < 4.78 is 27.9. The molecule has 1 saturated heterocycles. The molecule has 0 aromatic heterocycles. The third-order valence-electron chi connectivity index (χ3n) is 4.64. The predicted octanol–water partition coefficient (Wildman–Crippen LogP) is 3.27. The van der Waals surface area contributed by atoms with Crippen molar-refractivity contribution in [1.82, 2.24) is 10.6 Å². The summed E-state index contributed by atoms with van der Waals surface area (Å²) in [5.41, 5.74) is 0.193. The molecule has 1 saturated carbocycles. The summed E-state index contributed by atoms with van der Waals surface area (Å²) in [6, 6.07) is 4.08. The van der Waals surface area contributed by atoms with E-state index in [1.165, 1.54) is 36.8 Å². The average Bonchev–Trinajstić information content (AvgIpc) is 3.13. The minimum atomic E-state index is -0.461. The zero-order valence-corrected chi connectivity index (χ0v) is 14.4. The first-order valence-electron chi connectivity index (χ1n) is 8.07. The molecule has 1 aromatic rings. The van der Waals surface area contributed by atoms with Crippen molar-refractivity contribution in [2.45, 2.75) is 42.9 Å². The van der Waals surface area contributed by atoms with Gasteiger partial charge in [-0.25, -0.2) is 8.78 Å². The standard InChI is InChI=1S/C17H23F2N3S/c1-17(7-4-8-23-17)10-21-16(20-2)22-14-9-11(14)15-12(18)5-3-6-13(15)19/h3,5-6,11,14H,4,7-10H2,1-2H3,(H2,20,21,22). The fourth-order valence-corrected chi connectivity index (χ4v) is 4.40. The van der Waals surface area contributed by atoms with Crippen LogP contribution in [0.5, 0.6) is 0 Å². The smallest absolute Gasteiger partial charge is 0.191 e. The van der Waals surface area contributed by atoms with Crippen molar-refractivity contribution in [3.8, 4) is 0 Å². The van der Waals surface area contributed by atoms with E-state index in [4.69, 9.17) is 0 Å². The SMILES string of the molecule is CN=C(NCC1(C)CCCS1)NC1CC1c1c(F)cccc1F. The highest BCUT2D eigenvalue weighted by atomic mass is 32.2. The summed E-state index contributed by atoms with van der Waals surface area (Å²) >= 11 is 1.99. The van der Waals surface area contributed by atoms with Crippen molar-refractivity contribution >= 4 is 17.7 Å². The molecule has 6 heteroatoms. The maximum atomic E-state index is 13.8. The summed E-state index contributed by atoms with van der Waals surface area (Å²) in [4.78, 5) is 4.23. The van der Waals surface area contributed by atoms with Crippen LogP contribution in [-0.2, 0) is 0 Å². The van der Waals surface area contributed by atoms with Crippen LogP contribution >= 0.6 is 11.8 Å². The van der Waals surface area contributed by atoms with Crippen LogP contribution in [0, 0.1) is 11.6 Å². The molecule has 0 bridgehead atoms. The van der Waals surface area contributed by atoms with E-state index in [2.05, 4.69) is 22.5 Å². The Hall–Kier alpha value is -1.30. The quantitative estimate of drug-likeness (QED) is 0.653. The van der Waals surface area contributed by atoms with Crippen molar-refractivity contribution < 1.29 is 8.78 Å². The molecule has 23 heavy (non-hydrogen) atoms. The summed E-state index contributed by atoms with van der Waals surface area (Å²) in [5.74, 6) is 0.880. The second kappa shape index (κ2) is 6.67. The van der Waals surface area contributed by atoms with Gasteiger partial charge in [-0.15, -0.1) is 0 Å². The van der Waals surface area contributed by atoms with E-state index < -0.39 is 11.6 Å². The summed E-state index contributed by atoms with van der Waals surface area (Å²) in [5, 5.41) is 6.64. The molecule has 1 aliphatic heterocycles. The predicted molar refractivity (Wildman–Crippen MR) is 92.1 cm³/mol. The third-order valence-corrected chi connectivity index (χ3v) is 6.18. The van der Waals surface area contributed by atoms with Gasteiger partial charge in [-0.2, -0.15) is 11.8 Å². The molecule has 3 rings (SSSR count). The Balaban J connectivity index is 1.55. The van der Waals surface area contributed by atoms with Gasteiger partial charge >= 0.3 is 0 Å². The van der Waals surface area contributed by atoms with Crippen molar-refractivity contribution in [2.24, 2.45) is 4.99 Å². The van der Waals surface area contributed by atoms with Crippen LogP contribution < -0.4 is 10.6 Å². The Bertz CT molecular complexity index is 579. The van der Waals surface area contributed by atoms with Crippen LogP contribution in [0.25, 0.3) is 0 Å². The van der Waals surface area contributed by atoms with Crippen LogP contribution in [0.1, 0.15) is 37.7 Å². The zero-order valence-electron chi connectivity index (χ0n) is 13.5. The molecular weight excluding hydrogens is 316 g/mol. The van der Waals surface area contributed by atoms with Crippen molar-refractivity contribution in [2.75, 3.05) is 19.3 Å². The molecule has 2 N–H and O–H groups in total. The van der Waals surface area contributed by atoms with Crippen molar-refractivity contribution in [3.63, 3.8) is 0 Å². The number of thioether (sulfide) groups is 1. The first-order valence-corrected chi connectivity index (χ1v) is 9.06. The number of guanidine groups is 1. The molecule has 0 amide bonds. The normalized spacial score (nSPS) is 30.3. The highest BCUT2D eigenvalue weighted by molar-refractivity contribution is 8.00. The Morgan fingerprint density at radius 2 is 2.13 bits per heavy atom. The molecule has 3 unspecified atom stereocenters. The molecule has 0 radical (unpaired) electrons. The van der Waals surface area contributed by atoms with Crippen molar-refractivity contribution in [1.29, 1.82) is 0 Å². The molecule has 1 aromatic carbocycles. The average molecular weight is 339 g/mol. The minimum Gasteiger partial charge on any atom is -0.355 e. The Morgan fingerprint density at radius 3 is 2.74 bits per heavy atom. The van der Waals surface area contributed by atoms with Gasteiger partial charge in [-0.3, -0.25) is 4.99 Å². The molecule has 3 nitrogen and oxygen atoms in total. The lowest BCUT2D eigenvalue weighted by Gasteiger charge is -2.24. The number of nitrogens with zero attached hydrogens (tertiary/aromatic N) is 1. The molecule has 1 aliphatic carbocycles. The molecule has 126 valence electrons. The molecule has 3 atom stereocenters. The number of benzene rings is 1. The second-order valence-corrected chi connectivity index (χ2v) is 8.24. The van der Waals surface area contributed by atoms with E-state index >= 15 is 0 Å². The Kier molecular flexibility index (Phi) is 4.80. The van der Waals surface area contributed by atoms with Crippen molar-refractivity contribution in [3.05, 3.63) is 35.4 Å². The number of rotatable bonds is 4. The maximum absolute atomic E-state index is 13.8. The molecular formula is C17H23F2N3S. The topological polar surface area (TPSA) is 36.4 Å². The lowest BCUT2D eigenvalue weighted by atomic mass is 10.1. The minimum absolute atomic E-state index is 0.0386. The molecule has 2 fully saturated rings. The zero-order chi connectivity index (χ0) is 16.4. The van der Waals surface area contributed by atoms with E-state index in [0.717, 1.165) is 13.0 Å². The van der Waals surface area contributed by atoms with Gasteiger partial charge < -0.3 is 10.6 Å². The number of hydrogen-bond acceptors (Lipinski definition) is 2. The summed E-state index contributed by atoms with van der Waals surface area (Å²) in [7, 11) is 1.72. The fourth-order valence-electron chi connectivity index (χ4n) is 3.16. The van der Waals surface area contributed by atoms with E-state index in [0.29, 0.717) is 5.96 Å². The second-order valence-electron chi connectivity index (χ2n) is 6.56. The highest BCUT2D eigenvalue weighted by Crippen LogP contribution is 2.43. The lowest BCUT2D eigenvalue weighted by molar-refractivity contribution is 0.553. The van der Waals surface area contributed by atoms with E-state index in [1.807, 2.05) is 11.8 Å². The van der Waals surface area contributed by atoms with Gasteiger partial charge in [0.15, 0.2) is 5.96 Å². The first kappa shape index (κ1) is 16.6. The first-order chi connectivity index (χ1) is 11.0. The monoisotopic (exact) mass is 339 g/mol. The van der Waals surface area contributed by atoms with Gasteiger partial charge in [-0.1, -0.05) is 6.07 Å². The summed E-state index contributed by atoms with van der Waals surface area (Å²) in [6.07, 6.45) is 3.19. The van der Waals surface area contributed by atoms with E-state index in [1.54, 1.807) is 7.05 Å². The van der Waals surface area contributed by atoms with E-state index in [9.17, 15) is 8.78 Å². The Labute approximate surface area is 140 Å². The van der Waals surface area contributed by atoms with Crippen LogP contribution in [-0.4, -0.2) is 36.1 Å². The van der Waals surface area contributed by atoms with E-state index in [-0.39, 0.29) is 22.3 Å². The van der Waals surface area contributed by atoms with Gasteiger partial charge in [0, 0.05) is 35.9 Å². The van der Waals surface area contributed by atoms with Crippen LogP contribution in [0.4, 0.5) is 8.78 Å². The van der Waals surface area contributed by atoms with Gasteiger partial charge in [0.2, 0.25) is 0 Å². The third kappa shape index (κ3) is 3.79. The van der Waals surface area contributed by atoms with Gasteiger partial charge in [-0.05, 0) is 44.1 Å². The maximum Gasteiger partial charge on any atom is 0.191 e. The number of nitrogens with one attached hydrogen (secondary N) is 2. The molecule has 2 aliphatic rings. The number of aliphatic imine (C=N–C) groups is 1. The Morgan fingerprint density at radius 1 is 1.39 bits per heavy atom. The number of halogens is 2. The summed E-state index contributed by atoms with van der Waals surface area (Å²) in [6.45, 7) is 3.11. The van der Waals surface area contributed by atoms with Crippen LogP contribution in [0.15, 0.2) is 23.2 Å². The highest BCUT2D eigenvalue weighted by Gasteiger charge is 2.42. The van der Waals surface area contributed by atoms with Crippen LogP contribution in [0.3, 0.4) is 0 Å². The fraction of sp³-hybridized carbons (Fsp3) is 0.588. The lowest BCUT2D eigenvalue weighted by Crippen LogP contribution is -2.44. The molecule has 0 spiro atoms. The molecule has 1 heterocycles. The number of hydrogen-bond donors (Lipinski definition) is 2. The van der Waals surface area contributed by atoms with Gasteiger partial charge in [0.05, 0.1) is 0 Å². The van der Waals surface area contributed by atoms with Gasteiger partial charge in [0.1, 0.15) is 11.6 Å².